The quantitative estimate of drug-likeness (QED) is 0.448. The number of aromatic nitrogens is 2. The molecule has 0 amide bonds. The molecule has 6 heteroatoms. The minimum Gasteiger partial charge on any atom is -0.491 e. The normalized spacial score (nSPS) is 15.7. The van der Waals surface area contributed by atoms with E-state index in [-0.39, 0.29) is 0 Å². The third kappa shape index (κ3) is 5.24. The number of anilines is 1. The van der Waals surface area contributed by atoms with Gasteiger partial charge in [0.15, 0.2) is 0 Å². The summed E-state index contributed by atoms with van der Waals surface area (Å²) in [5.74, 6) is 1.98. The van der Waals surface area contributed by atoms with E-state index in [1.165, 1.54) is 27.3 Å². The van der Waals surface area contributed by atoms with Crippen LogP contribution in [0.15, 0.2) is 29.8 Å². The van der Waals surface area contributed by atoms with Crippen LogP contribution in [-0.4, -0.2) is 47.7 Å². The second kappa shape index (κ2) is 10.2. The van der Waals surface area contributed by atoms with Gasteiger partial charge >= 0.3 is 0 Å². The maximum atomic E-state index is 6.38. The lowest BCUT2D eigenvalue weighted by Crippen LogP contribution is -2.31. The van der Waals surface area contributed by atoms with Crippen LogP contribution in [0.3, 0.4) is 0 Å². The van der Waals surface area contributed by atoms with Gasteiger partial charge in [-0.3, -0.25) is 9.88 Å². The van der Waals surface area contributed by atoms with Gasteiger partial charge < -0.3 is 9.64 Å². The number of ether oxygens (including phenoxy) is 1. The van der Waals surface area contributed by atoms with Gasteiger partial charge in [-0.05, 0) is 37.0 Å². The topological polar surface area (TPSA) is 41.5 Å². The van der Waals surface area contributed by atoms with Crippen LogP contribution in [0.5, 0.6) is 5.75 Å². The highest BCUT2D eigenvalue weighted by Gasteiger charge is 2.23. The first-order valence-corrected chi connectivity index (χ1v) is 12.7. The molecule has 2 aromatic heterocycles. The Morgan fingerprint density at radius 2 is 1.97 bits per heavy atom. The Kier molecular flexibility index (Phi) is 7.31. The first-order valence-electron chi connectivity index (χ1n) is 11.8. The number of hydrogen-bond acceptors (Lipinski definition) is 6. The first kappa shape index (κ1) is 23.0. The lowest BCUT2D eigenvalue weighted by Gasteiger charge is -2.28. The van der Waals surface area contributed by atoms with E-state index in [1.54, 1.807) is 11.3 Å². The highest BCUT2D eigenvalue weighted by molar-refractivity contribution is 7.09. The van der Waals surface area contributed by atoms with E-state index in [0.717, 1.165) is 50.4 Å². The molecule has 0 N–H and O–H groups in total. The fourth-order valence-electron chi connectivity index (χ4n) is 4.29. The molecule has 1 aromatic carbocycles. The largest absolute Gasteiger partial charge is 0.491 e. The summed E-state index contributed by atoms with van der Waals surface area (Å²) in [7, 11) is 0. The Hall–Kier alpha value is -2.18. The predicted octanol–water partition coefficient (Wildman–Crippen LogP) is 5.87. The van der Waals surface area contributed by atoms with Crippen molar-refractivity contribution >= 4 is 27.9 Å². The third-order valence-electron chi connectivity index (χ3n) is 5.92. The Balaban J connectivity index is 1.57. The third-order valence-corrected chi connectivity index (χ3v) is 7.12. The fourth-order valence-corrected chi connectivity index (χ4v) is 5.12. The molecular formula is C26H36N4OS. The van der Waals surface area contributed by atoms with E-state index in [1.807, 2.05) is 12.3 Å². The number of benzene rings is 1. The van der Waals surface area contributed by atoms with Gasteiger partial charge in [-0.1, -0.05) is 33.8 Å². The molecule has 1 aliphatic rings. The molecule has 5 nitrogen and oxygen atoms in total. The molecule has 172 valence electrons. The van der Waals surface area contributed by atoms with Gasteiger partial charge in [0.2, 0.25) is 0 Å². The van der Waals surface area contributed by atoms with Gasteiger partial charge in [-0.25, -0.2) is 4.98 Å². The van der Waals surface area contributed by atoms with Gasteiger partial charge in [0, 0.05) is 55.6 Å². The Morgan fingerprint density at radius 3 is 2.72 bits per heavy atom. The molecule has 0 bridgehead atoms. The Morgan fingerprint density at radius 1 is 1.12 bits per heavy atom. The number of nitrogens with zero attached hydrogens (tertiary/aromatic N) is 4. The maximum absolute atomic E-state index is 6.38. The number of thiazole rings is 1. The molecule has 0 atom stereocenters. The minimum atomic E-state index is 0.482. The molecule has 0 aliphatic carbocycles. The van der Waals surface area contributed by atoms with Crippen LogP contribution in [0.4, 0.5) is 5.69 Å². The highest BCUT2D eigenvalue weighted by Crippen LogP contribution is 2.39. The van der Waals surface area contributed by atoms with Gasteiger partial charge in [-0.2, -0.15) is 0 Å². The lowest BCUT2D eigenvalue weighted by atomic mass is 10.1. The lowest BCUT2D eigenvalue weighted by molar-refractivity contribution is 0.269. The summed E-state index contributed by atoms with van der Waals surface area (Å²) >= 11 is 1.79. The van der Waals surface area contributed by atoms with Crippen LogP contribution in [0.25, 0.3) is 10.9 Å². The van der Waals surface area contributed by atoms with E-state index in [4.69, 9.17) is 14.7 Å². The number of hydrogen-bond donors (Lipinski definition) is 0. The molecule has 4 rings (SSSR count). The molecule has 1 aliphatic heterocycles. The van der Waals surface area contributed by atoms with Gasteiger partial charge in [0.1, 0.15) is 11.4 Å². The van der Waals surface area contributed by atoms with Crippen LogP contribution in [0.2, 0.25) is 0 Å². The molecule has 3 heterocycles. The zero-order valence-corrected chi connectivity index (χ0v) is 20.9. The summed E-state index contributed by atoms with van der Waals surface area (Å²) in [5, 5.41) is 4.65. The number of rotatable bonds is 7. The summed E-state index contributed by atoms with van der Waals surface area (Å²) in [6.45, 7) is 16.7. The number of aryl methyl sites for hydroxylation is 1. The monoisotopic (exact) mass is 452 g/mol. The molecule has 3 aromatic rings. The van der Waals surface area contributed by atoms with Crippen LogP contribution in [0.1, 0.15) is 56.3 Å². The van der Waals surface area contributed by atoms with Crippen LogP contribution >= 0.6 is 11.3 Å². The van der Waals surface area contributed by atoms with Crippen molar-refractivity contribution in [3.05, 3.63) is 46.0 Å². The average molecular weight is 453 g/mol. The average Bonchev–Trinajstić information content (AvgIpc) is 3.11. The maximum Gasteiger partial charge on any atom is 0.147 e. The van der Waals surface area contributed by atoms with E-state index < -0.39 is 0 Å². The van der Waals surface area contributed by atoms with E-state index in [0.29, 0.717) is 18.4 Å². The van der Waals surface area contributed by atoms with Crippen LogP contribution in [0, 0.1) is 12.8 Å². The molecule has 0 saturated carbocycles. The van der Waals surface area contributed by atoms with Gasteiger partial charge in [0.05, 0.1) is 22.8 Å². The summed E-state index contributed by atoms with van der Waals surface area (Å²) in [5.41, 5.74) is 4.60. The first-order chi connectivity index (χ1) is 15.4. The summed E-state index contributed by atoms with van der Waals surface area (Å²) < 4.78 is 6.38. The highest BCUT2D eigenvalue weighted by atomic mass is 32.1. The summed E-state index contributed by atoms with van der Waals surface area (Å²) in [6, 6.07) is 6.38. The van der Waals surface area contributed by atoms with Gasteiger partial charge in [0.25, 0.3) is 0 Å². The zero-order valence-electron chi connectivity index (χ0n) is 20.1. The van der Waals surface area contributed by atoms with E-state index in [2.05, 4.69) is 61.9 Å². The SMILES string of the molecule is Cc1cc2cccnc2c(N2CCCN(Cc3csc(C(C)C)n3)CC2)c1OCC(C)C. The van der Waals surface area contributed by atoms with Crippen molar-refractivity contribution < 1.29 is 4.74 Å². The van der Waals surface area contributed by atoms with E-state index in [9.17, 15) is 0 Å². The molecule has 1 fully saturated rings. The van der Waals surface area contributed by atoms with Crippen molar-refractivity contribution in [3.8, 4) is 5.75 Å². The molecular weight excluding hydrogens is 416 g/mol. The minimum absolute atomic E-state index is 0.482. The fraction of sp³-hybridized carbons (Fsp3) is 0.538. The van der Waals surface area contributed by atoms with Gasteiger partial charge in [-0.15, -0.1) is 11.3 Å². The van der Waals surface area contributed by atoms with Crippen molar-refractivity contribution in [2.75, 3.05) is 37.7 Å². The molecule has 0 spiro atoms. The second-order valence-corrected chi connectivity index (χ2v) is 10.5. The molecule has 32 heavy (non-hydrogen) atoms. The predicted molar refractivity (Wildman–Crippen MR) is 135 cm³/mol. The molecule has 0 radical (unpaired) electrons. The summed E-state index contributed by atoms with van der Waals surface area (Å²) in [4.78, 5) is 14.7. The van der Waals surface area contributed by atoms with Crippen LogP contribution < -0.4 is 9.64 Å². The molecule has 0 unspecified atom stereocenters. The Bertz CT molecular complexity index is 1050. The van der Waals surface area contributed by atoms with E-state index >= 15 is 0 Å². The van der Waals surface area contributed by atoms with Crippen molar-refractivity contribution in [3.63, 3.8) is 0 Å². The zero-order chi connectivity index (χ0) is 22.7. The van der Waals surface area contributed by atoms with Crippen molar-refractivity contribution in [1.82, 2.24) is 14.9 Å². The standard InChI is InChI=1S/C26H36N4OS/c1-18(2)16-31-25-20(5)14-21-8-6-9-27-23(21)24(25)30-11-7-10-29(12-13-30)15-22-17-32-26(28-22)19(3)4/h6,8-9,14,17-19H,7,10-13,15-16H2,1-5H3. The number of fused-ring (bicyclic) bond motifs is 1. The van der Waals surface area contributed by atoms with Crippen molar-refractivity contribution in [2.24, 2.45) is 5.92 Å². The Labute approximate surface area is 196 Å². The van der Waals surface area contributed by atoms with Crippen molar-refractivity contribution in [2.45, 2.75) is 53.5 Å². The summed E-state index contributed by atoms with van der Waals surface area (Å²) in [6.07, 6.45) is 3.01. The number of pyridine rings is 1. The van der Waals surface area contributed by atoms with Crippen molar-refractivity contribution in [1.29, 1.82) is 0 Å². The second-order valence-electron chi connectivity index (χ2n) is 9.60. The smallest absolute Gasteiger partial charge is 0.147 e. The van der Waals surface area contributed by atoms with Crippen LogP contribution in [-0.2, 0) is 6.54 Å². The molecule has 1 saturated heterocycles.